The number of likely N-dealkylation sites (tertiary alicyclic amines) is 1. The highest BCUT2D eigenvalue weighted by molar-refractivity contribution is 4.85. The van der Waals surface area contributed by atoms with E-state index < -0.39 is 0 Å². The Labute approximate surface area is 114 Å². The van der Waals surface area contributed by atoms with Crippen molar-refractivity contribution >= 4 is 0 Å². The summed E-state index contributed by atoms with van der Waals surface area (Å²) in [7, 11) is 0. The third-order valence-corrected chi connectivity index (χ3v) is 4.38. The van der Waals surface area contributed by atoms with Crippen molar-refractivity contribution in [3.63, 3.8) is 0 Å². The Morgan fingerprint density at radius 3 is 2.39 bits per heavy atom. The van der Waals surface area contributed by atoms with E-state index in [0.717, 1.165) is 5.92 Å². The van der Waals surface area contributed by atoms with Gasteiger partial charge in [0.25, 0.3) is 0 Å². The molecule has 1 N–H and O–H groups in total. The summed E-state index contributed by atoms with van der Waals surface area (Å²) in [5.74, 6) is 0.993. The molecule has 106 valence electrons. The highest BCUT2D eigenvalue weighted by Crippen LogP contribution is 2.25. The lowest BCUT2D eigenvalue weighted by Gasteiger charge is -2.39. The van der Waals surface area contributed by atoms with Gasteiger partial charge in [0.05, 0.1) is 0 Å². The second-order valence-electron chi connectivity index (χ2n) is 7.50. The number of rotatable bonds is 3. The smallest absolute Gasteiger partial charge is 0.0200 e. The van der Waals surface area contributed by atoms with E-state index in [-0.39, 0.29) is 5.54 Å². The first-order valence-electron chi connectivity index (χ1n) is 8.03. The molecule has 0 unspecified atom stereocenters. The summed E-state index contributed by atoms with van der Waals surface area (Å²) >= 11 is 0. The molecule has 18 heavy (non-hydrogen) atoms. The van der Waals surface area contributed by atoms with E-state index in [9.17, 15) is 0 Å². The van der Waals surface area contributed by atoms with Crippen molar-refractivity contribution in [2.75, 3.05) is 19.6 Å². The van der Waals surface area contributed by atoms with Gasteiger partial charge in [-0.3, -0.25) is 0 Å². The van der Waals surface area contributed by atoms with Crippen molar-refractivity contribution in [2.45, 2.75) is 77.3 Å². The van der Waals surface area contributed by atoms with Crippen LogP contribution >= 0.6 is 0 Å². The number of nitrogens with one attached hydrogen (secondary N) is 1. The van der Waals surface area contributed by atoms with Crippen molar-refractivity contribution in [1.29, 1.82) is 0 Å². The molecule has 2 heteroatoms. The SMILES string of the molecule is CC(C)(C)N[C@H]1CCCN(CC2CCCCC2)C1. The van der Waals surface area contributed by atoms with Crippen LogP contribution in [0.5, 0.6) is 0 Å². The van der Waals surface area contributed by atoms with Crippen LogP contribution in [-0.4, -0.2) is 36.1 Å². The van der Waals surface area contributed by atoms with Crippen LogP contribution in [0.1, 0.15) is 65.7 Å². The molecular weight excluding hydrogens is 220 g/mol. The molecule has 1 saturated carbocycles. The first-order valence-corrected chi connectivity index (χ1v) is 8.03. The molecule has 1 saturated heterocycles. The third-order valence-electron chi connectivity index (χ3n) is 4.38. The normalized spacial score (nSPS) is 28.5. The monoisotopic (exact) mass is 252 g/mol. The summed E-state index contributed by atoms with van der Waals surface area (Å²) in [6.07, 6.45) is 10.1. The fraction of sp³-hybridized carbons (Fsp3) is 1.00. The lowest BCUT2D eigenvalue weighted by Crippen LogP contribution is -2.52. The maximum atomic E-state index is 3.78. The minimum atomic E-state index is 0.262. The minimum absolute atomic E-state index is 0.262. The molecule has 0 aromatic carbocycles. The zero-order valence-electron chi connectivity index (χ0n) is 12.7. The Bertz CT molecular complexity index is 238. The molecule has 1 aliphatic heterocycles. The highest BCUT2D eigenvalue weighted by atomic mass is 15.2. The molecule has 0 radical (unpaired) electrons. The molecule has 0 aromatic heterocycles. The van der Waals surface area contributed by atoms with Crippen LogP contribution in [0.25, 0.3) is 0 Å². The number of nitrogens with zero attached hydrogens (tertiary/aromatic N) is 1. The molecule has 2 aliphatic rings. The standard InChI is InChI=1S/C16H32N2/c1-16(2,3)17-15-10-7-11-18(13-15)12-14-8-5-4-6-9-14/h14-15,17H,4-13H2,1-3H3/t15-/m0/s1. The van der Waals surface area contributed by atoms with Crippen molar-refractivity contribution in [3.05, 3.63) is 0 Å². The number of hydrogen-bond acceptors (Lipinski definition) is 2. The van der Waals surface area contributed by atoms with E-state index in [0.29, 0.717) is 6.04 Å². The van der Waals surface area contributed by atoms with Crippen LogP contribution in [0.4, 0.5) is 0 Å². The summed E-state index contributed by atoms with van der Waals surface area (Å²) in [6, 6.07) is 0.711. The molecule has 0 spiro atoms. The third kappa shape index (κ3) is 4.89. The first-order chi connectivity index (χ1) is 8.53. The molecule has 0 bridgehead atoms. The number of piperidine rings is 1. The van der Waals surface area contributed by atoms with Crippen LogP contribution in [-0.2, 0) is 0 Å². The Hall–Kier alpha value is -0.0800. The quantitative estimate of drug-likeness (QED) is 0.828. The van der Waals surface area contributed by atoms with E-state index in [2.05, 4.69) is 31.0 Å². The summed E-state index contributed by atoms with van der Waals surface area (Å²) < 4.78 is 0. The van der Waals surface area contributed by atoms with Crippen LogP contribution < -0.4 is 5.32 Å². The van der Waals surface area contributed by atoms with Gasteiger partial charge in [0.1, 0.15) is 0 Å². The van der Waals surface area contributed by atoms with Crippen molar-refractivity contribution < 1.29 is 0 Å². The van der Waals surface area contributed by atoms with Crippen LogP contribution in [0.2, 0.25) is 0 Å². The Kier molecular flexibility index (Phi) is 5.08. The Balaban J connectivity index is 1.75. The lowest BCUT2D eigenvalue weighted by molar-refractivity contribution is 0.139. The molecular formula is C16H32N2. The molecule has 2 rings (SSSR count). The van der Waals surface area contributed by atoms with E-state index >= 15 is 0 Å². The average Bonchev–Trinajstić information content (AvgIpc) is 2.28. The molecule has 1 heterocycles. The van der Waals surface area contributed by atoms with E-state index in [1.807, 2.05) is 0 Å². The largest absolute Gasteiger partial charge is 0.308 e. The van der Waals surface area contributed by atoms with E-state index in [4.69, 9.17) is 0 Å². The van der Waals surface area contributed by atoms with Crippen LogP contribution in [0.15, 0.2) is 0 Å². The average molecular weight is 252 g/mol. The Morgan fingerprint density at radius 1 is 1.00 bits per heavy atom. The summed E-state index contributed by atoms with van der Waals surface area (Å²) in [5, 5.41) is 3.78. The van der Waals surface area contributed by atoms with Crippen molar-refractivity contribution in [1.82, 2.24) is 10.2 Å². The maximum absolute atomic E-state index is 3.78. The van der Waals surface area contributed by atoms with Gasteiger partial charge >= 0.3 is 0 Å². The van der Waals surface area contributed by atoms with Gasteiger partial charge in [0.15, 0.2) is 0 Å². The lowest BCUT2D eigenvalue weighted by atomic mass is 9.88. The topological polar surface area (TPSA) is 15.3 Å². The van der Waals surface area contributed by atoms with Gasteiger partial charge in [-0.05, 0) is 58.9 Å². The molecule has 0 amide bonds. The number of hydrogen-bond donors (Lipinski definition) is 1. The van der Waals surface area contributed by atoms with E-state index in [1.54, 1.807) is 0 Å². The predicted octanol–water partition coefficient (Wildman–Crippen LogP) is 3.42. The van der Waals surface area contributed by atoms with Gasteiger partial charge in [-0.25, -0.2) is 0 Å². The van der Waals surface area contributed by atoms with Gasteiger partial charge in [-0.1, -0.05) is 19.3 Å². The summed E-state index contributed by atoms with van der Waals surface area (Å²) in [6.45, 7) is 10.8. The highest BCUT2D eigenvalue weighted by Gasteiger charge is 2.25. The minimum Gasteiger partial charge on any atom is -0.308 e. The fourth-order valence-electron chi connectivity index (χ4n) is 3.69. The van der Waals surface area contributed by atoms with Gasteiger partial charge in [0, 0.05) is 24.7 Å². The fourth-order valence-corrected chi connectivity index (χ4v) is 3.69. The zero-order chi connectivity index (χ0) is 13.0. The van der Waals surface area contributed by atoms with Gasteiger partial charge in [-0.15, -0.1) is 0 Å². The Morgan fingerprint density at radius 2 is 1.72 bits per heavy atom. The summed E-state index contributed by atoms with van der Waals surface area (Å²) in [5.41, 5.74) is 0.262. The molecule has 1 atom stereocenters. The van der Waals surface area contributed by atoms with Gasteiger partial charge in [0.2, 0.25) is 0 Å². The summed E-state index contributed by atoms with van der Waals surface area (Å²) in [4.78, 5) is 2.73. The molecule has 2 fully saturated rings. The van der Waals surface area contributed by atoms with Gasteiger partial charge in [-0.2, -0.15) is 0 Å². The molecule has 1 aliphatic carbocycles. The zero-order valence-corrected chi connectivity index (χ0v) is 12.7. The van der Waals surface area contributed by atoms with Crippen molar-refractivity contribution in [2.24, 2.45) is 5.92 Å². The van der Waals surface area contributed by atoms with Crippen molar-refractivity contribution in [3.8, 4) is 0 Å². The van der Waals surface area contributed by atoms with Crippen LogP contribution in [0.3, 0.4) is 0 Å². The molecule has 2 nitrogen and oxygen atoms in total. The van der Waals surface area contributed by atoms with E-state index in [1.165, 1.54) is 64.6 Å². The molecule has 0 aromatic rings. The second-order valence-corrected chi connectivity index (χ2v) is 7.50. The predicted molar refractivity (Wildman–Crippen MR) is 78.9 cm³/mol. The van der Waals surface area contributed by atoms with Gasteiger partial charge < -0.3 is 10.2 Å². The maximum Gasteiger partial charge on any atom is 0.0200 e. The second kappa shape index (κ2) is 6.38. The van der Waals surface area contributed by atoms with Crippen LogP contribution in [0, 0.1) is 5.92 Å². The first kappa shape index (κ1) is 14.3.